The first-order chi connectivity index (χ1) is 10.6. The second kappa shape index (κ2) is 3.64. The van der Waals surface area contributed by atoms with Crippen molar-refractivity contribution in [3.05, 3.63) is 22.7 Å². The summed E-state index contributed by atoms with van der Waals surface area (Å²) in [6.07, 6.45) is -3.66. The predicted molar refractivity (Wildman–Crippen MR) is 54.9 cm³/mol. The molecule has 0 saturated carbocycles. The largest absolute Gasteiger partial charge is 0.378 e. The van der Waals surface area contributed by atoms with Gasteiger partial charge in [-0.15, -0.1) is 0 Å². The van der Waals surface area contributed by atoms with Gasteiger partial charge in [0.05, 0.1) is 21.2 Å². The molecule has 1 saturated heterocycles. The fraction of sp³-hybridized carbons (Fsp3) is 0.444. The van der Waals surface area contributed by atoms with Crippen LogP contribution in [0.4, 0.5) is 5.82 Å². The maximum absolute atomic E-state index is 7.88. The predicted octanol–water partition coefficient (Wildman–Crippen LogP) is 1.68. The van der Waals surface area contributed by atoms with E-state index in [0.717, 1.165) is 0 Å². The molecule has 1 aliphatic rings. The Bertz CT molecular complexity index is 675. The number of halogens is 1. The molecule has 0 radical (unpaired) electrons. The molecule has 1 aromatic heterocycles. The number of rotatable bonds is 2. The van der Waals surface area contributed by atoms with Crippen molar-refractivity contribution in [3.63, 3.8) is 0 Å². The highest BCUT2D eigenvalue weighted by Gasteiger charge is 2.26. The Labute approximate surface area is 101 Å². The van der Waals surface area contributed by atoms with Crippen molar-refractivity contribution in [3.8, 4) is 0 Å². The van der Waals surface area contributed by atoms with E-state index < -0.39 is 50.2 Å². The third-order valence-electron chi connectivity index (χ3n) is 1.28. The van der Waals surface area contributed by atoms with Crippen LogP contribution >= 0.6 is 15.9 Å². The van der Waals surface area contributed by atoms with Crippen molar-refractivity contribution >= 4 is 21.7 Å². The summed E-state index contributed by atoms with van der Waals surface area (Å²) < 4.78 is 87.7. The summed E-state index contributed by atoms with van der Waals surface area (Å²) in [6, 6.07) is -1.20. The lowest BCUT2D eigenvalue weighted by molar-refractivity contribution is 0.0783. The molecule has 0 atom stereocenters. The van der Waals surface area contributed by atoms with Gasteiger partial charge in [0.25, 0.3) is 0 Å². The van der Waals surface area contributed by atoms with Crippen molar-refractivity contribution in [2.24, 2.45) is 0 Å². The van der Waals surface area contributed by atoms with Crippen LogP contribution in [0.5, 0.6) is 0 Å². The highest BCUT2D eigenvalue weighted by molar-refractivity contribution is 9.10. The van der Waals surface area contributed by atoms with Crippen LogP contribution in [-0.2, 0) is 4.74 Å². The Hall–Kier alpha value is -0.610. The number of pyridine rings is 1. The molecule has 0 unspecified atom stereocenters. The van der Waals surface area contributed by atoms with Crippen LogP contribution in [0.25, 0.3) is 0 Å². The van der Waals surface area contributed by atoms with E-state index in [1.54, 1.807) is 0 Å². The number of anilines is 1. The van der Waals surface area contributed by atoms with Gasteiger partial charge in [0.15, 0.2) is 0 Å². The Kier molecular flexibility index (Phi) is 0.756. The van der Waals surface area contributed by atoms with Crippen molar-refractivity contribution in [2.45, 2.75) is 6.08 Å². The lowest BCUT2D eigenvalue weighted by Gasteiger charge is -2.38. The minimum Gasteiger partial charge on any atom is -0.378 e. The summed E-state index contributed by atoms with van der Waals surface area (Å²) in [7, 11) is -3.23. The van der Waals surface area contributed by atoms with Gasteiger partial charge < -0.3 is 9.64 Å². The standard InChI is InChI=1S/C9H11BrN2O/c1-13-8-5-12(6-8)9-3-2-7(10)4-11-9/h2-4,8H,5-6H2,1H3/i1D3,2D,3D,4D,5D2,6D2,8D. The average molecular weight is 254 g/mol. The van der Waals surface area contributed by atoms with Crippen molar-refractivity contribution in [1.29, 1.82) is 0 Å². The third-order valence-corrected chi connectivity index (χ3v) is 1.66. The normalized spacial score (nSPS) is 40.7. The minimum atomic E-state index is -3.23. The number of ether oxygens (including phenoxy) is 1. The molecule has 70 valence electrons. The van der Waals surface area contributed by atoms with E-state index in [0.29, 0.717) is 0 Å². The Morgan fingerprint density at radius 3 is 3.54 bits per heavy atom. The molecule has 1 fully saturated rings. The van der Waals surface area contributed by atoms with Crippen LogP contribution in [-0.4, -0.2) is 31.1 Å². The molecule has 13 heavy (non-hydrogen) atoms. The van der Waals surface area contributed by atoms with Crippen LogP contribution in [0.15, 0.2) is 22.7 Å². The Morgan fingerprint density at radius 2 is 2.77 bits per heavy atom. The third kappa shape index (κ3) is 1.84. The fourth-order valence-electron chi connectivity index (χ4n) is 0.729. The first kappa shape index (κ1) is 2.70. The lowest BCUT2D eigenvalue weighted by Crippen LogP contribution is -2.52. The average Bonchev–Trinajstić information content (AvgIpc) is 2.39. The second-order valence-electron chi connectivity index (χ2n) is 2.10. The monoisotopic (exact) mass is 253 g/mol. The van der Waals surface area contributed by atoms with Crippen LogP contribution < -0.4 is 4.90 Å². The zero-order chi connectivity index (χ0) is 18.9. The van der Waals surface area contributed by atoms with Crippen LogP contribution in [0.2, 0.25) is 0 Å². The van der Waals surface area contributed by atoms with Gasteiger partial charge in [-0.25, -0.2) is 4.98 Å². The summed E-state index contributed by atoms with van der Waals surface area (Å²) in [4.78, 5) is 3.83. The molecule has 0 aromatic carbocycles. The maximum Gasteiger partial charge on any atom is 0.128 e. The number of hydrogen-bond acceptors (Lipinski definition) is 3. The highest BCUT2D eigenvalue weighted by Crippen LogP contribution is 2.20. The van der Waals surface area contributed by atoms with E-state index in [-0.39, 0.29) is 9.37 Å². The molecule has 0 bridgehead atoms. The van der Waals surface area contributed by atoms with Gasteiger partial charge in [-0.2, -0.15) is 0 Å². The number of hydrogen-bond donors (Lipinski definition) is 0. The summed E-state index contributed by atoms with van der Waals surface area (Å²) in [5, 5.41) is 0. The zero-order valence-electron chi connectivity index (χ0n) is 17.2. The van der Waals surface area contributed by atoms with Gasteiger partial charge in [-0.1, -0.05) is 0 Å². The van der Waals surface area contributed by atoms with Crippen LogP contribution in [0, 0.1) is 0 Å². The SMILES string of the molecule is [2H]c1nc(N2C([2H])([2H])C([2H])(OC([2H])([2H])[2H])C2([2H])[2H])c([2H])c([2H])c1Br. The molecule has 2 heterocycles. The van der Waals surface area contributed by atoms with Crippen LogP contribution in [0.3, 0.4) is 0 Å². The second-order valence-corrected chi connectivity index (χ2v) is 2.89. The Balaban J connectivity index is 2.59. The lowest BCUT2D eigenvalue weighted by atomic mass is 10.1. The maximum atomic E-state index is 7.88. The summed E-state index contributed by atoms with van der Waals surface area (Å²) >= 11 is 2.87. The topological polar surface area (TPSA) is 25.4 Å². The molecule has 0 N–H and O–H groups in total. The first-order valence-corrected chi connectivity index (χ1v) is 4.01. The minimum absolute atomic E-state index is 0.131. The Morgan fingerprint density at radius 1 is 1.92 bits per heavy atom. The van der Waals surface area contributed by atoms with Crippen molar-refractivity contribution in [1.82, 2.24) is 4.98 Å². The number of nitrogens with zero attached hydrogens (tertiary/aromatic N) is 2. The molecule has 0 amide bonds. The molecule has 1 aliphatic heterocycles. The van der Waals surface area contributed by atoms with Gasteiger partial charge in [-0.05, 0) is 28.0 Å². The fourth-order valence-corrected chi connectivity index (χ4v) is 0.917. The molecule has 0 aliphatic carbocycles. The van der Waals surface area contributed by atoms with Gasteiger partial charge in [0.1, 0.15) is 5.82 Å². The number of aromatic nitrogens is 1. The molecule has 4 heteroatoms. The van der Waals surface area contributed by atoms with E-state index in [9.17, 15) is 0 Å². The molecular formula is C9H11BrN2O. The van der Waals surface area contributed by atoms with E-state index in [2.05, 4.69) is 25.7 Å². The van der Waals surface area contributed by atoms with Gasteiger partial charge in [-0.3, -0.25) is 0 Å². The zero-order valence-corrected chi connectivity index (χ0v) is 7.77. The van der Waals surface area contributed by atoms with Crippen molar-refractivity contribution in [2.75, 3.05) is 24.9 Å². The number of methoxy groups -OCH3 is 1. The van der Waals surface area contributed by atoms with E-state index >= 15 is 0 Å². The van der Waals surface area contributed by atoms with Gasteiger partial charge in [0.2, 0.25) is 0 Å². The van der Waals surface area contributed by atoms with Gasteiger partial charge in [0, 0.05) is 30.7 Å². The molecule has 3 nitrogen and oxygen atoms in total. The van der Waals surface area contributed by atoms with Crippen molar-refractivity contribution < 1.29 is 19.8 Å². The first-order valence-electron chi connectivity index (χ1n) is 8.72. The van der Waals surface area contributed by atoms with Gasteiger partial charge >= 0.3 is 0 Å². The summed E-state index contributed by atoms with van der Waals surface area (Å²) in [5.74, 6) is -0.694. The van der Waals surface area contributed by atoms with E-state index in [1.807, 2.05) is 0 Å². The highest BCUT2D eigenvalue weighted by atomic mass is 79.9. The molecular weight excluding hydrogens is 232 g/mol. The quantitative estimate of drug-likeness (QED) is 0.802. The molecule has 1 aromatic rings. The smallest absolute Gasteiger partial charge is 0.128 e. The summed E-state index contributed by atoms with van der Waals surface area (Å²) in [6.45, 7) is -6.03. The van der Waals surface area contributed by atoms with Crippen LogP contribution in [0.1, 0.15) is 15.1 Å². The van der Waals surface area contributed by atoms with E-state index in [1.165, 1.54) is 0 Å². The molecule has 2 rings (SSSR count). The molecule has 0 spiro atoms. The summed E-state index contributed by atoms with van der Waals surface area (Å²) in [5.41, 5.74) is 0. The van der Waals surface area contributed by atoms with E-state index in [4.69, 9.17) is 15.1 Å².